The van der Waals surface area contributed by atoms with E-state index in [9.17, 15) is 9.59 Å². The molecule has 0 saturated carbocycles. The molecule has 2 aromatic carbocycles. The highest BCUT2D eigenvalue weighted by Crippen LogP contribution is 2.18. The van der Waals surface area contributed by atoms with E-state index in [1.54, 1.807) is 12.3 Å². The number of carbonyl (C=O) groups is 2. The lowest BCUT2D eigenvalue weighted by molar-refractivity contribution is -0.133. The molecular weight excluding hydrogens is 370 g/mol. The number of ketones is 1. The van der Waals surface area contributed by atoms with Crippen molar-refractivity contribution in [3.63, 3.8) is 0 Å². The van der Waals surface area contributed by atoms with Crippen LogP contribution in [0.2, 0.25) is 0 Å². The Kier molecular flexibility index (Phi) is 6.36. The van der Waals surface area contributed by atoms with Gasteiger partial charge in [-0.3, -0.25) is 9.59 Å². The minimum Gasteiger partial charge on any atom is -0.481 e. The number of aliphatic carboxylic acids is 1. The van der Waals surface area contributed by atoms with Gasteiger partial charge in [0.15, 0.2) is 5.78 Å². The summed E-state index contributed by atoms with van der Waals surface area (Å²) in [5.41, 5.74) is 3.26. The number of aromatic nitrogens is 1. The third-order valence-electron chi connectivity index (χ3n) is 4.02. The van der Waals surface area contributed by atoms with Gasteiger partial charge < -0.3 is 9.67 Å². The molecule has 0 unspecified atom stereocenters. The molecule has 0 aliphatic rings. The van der Waals surface area contributed by atoms with Crippen molar-refractivity contribution in [1.82, 2.24) is 4.57 Å². The molecule has 0 radical (unpaired) electrons. The summed E-state index contributed by atoms with van der Waals surface area (Å²) in [5, 5.41) is 8.76. The topological polar surface area (TPSA) is 59.3 Å². The van der Waals surface area contributed by atoms with Crippen molar-refractivity contribution >= 4 is 23.5 Å². The van der Waals surface area contributed by atoms with Gasteiger partial charge in [0.1, 0.15) is 0 Å². The molecule has 0 aliphatic heterocycles. The summed E-state index contributed by atoms with van der Waals surface area (Å²) in [6, 6.07) is 16.8. The van der Waals surface area contributed by atoms with Gasteiger partial charge in [-0.05, 0) is 31.2 Å². The van der Waals surface area contributed by atoms with Crippen molar-refractivity contribution in [2.45, 2.75) is 18.4 Å². The number of carboxylic acids is 1. The summed E-state index contributed by atoms with van der Waals surface area (Å²) in [7, 11) is 0. The first-order valence-corrected chi connectivity index (χ1v) is 9.70. The van der Waals surface area contributed by atoms with E-state index in [-0.39, 0.29) is 11.5 Å². The van der Waals surface area contributed by atoms with E-state index < -0.39 is 5.97 Å². The van der Waals surface area contributed by atoms with Crippen molar-refractivity contribution in [2.75, 3.05) is 5.75 Å². The number of hydrogen-bond acceptors (Lipinski definition) is 3. The van der Waals surface area contributed by atoms with Crippen LogP contribution in [0.3, 0.4) is 0 Å². The predicted molar refractivity (Wildman–Crippen MR) is 111 cm³/mol. The number of rotatable bonds is 6. The highest BCUT2D eigenvalue weighted by molar-refractivity contribution is 8.00. The van der Waals surface area contributed by atoms with Gasteiger partial charge >= 0.3 is 5.97 Å². The lowest BCUT2D eigenvalue weighted by atomic mass is 10.0. The van der Waals surface area contributed by atoms with E-state index in [2.05, 4.69) is 11.8 Å². The van der Waals surface area contributed by atoms with Crippen LogP contribution < -0.4 is 0 Å². The molecule has 5 heteroatoms. The molecule has 1 heterocycles. The summed E-state index contributed by atoms with van der Waals surface area (Å²) in [6.07, 6.45) is 3.64. The second-order valence-corrected chi connectivity index (χ2v) is 7.33. The quantitative estimate of drug-likeness (QED) is 0.389. The first-order valence-electron chi connectivity index (χ1n) is 8.72. The zero-order chi connectivity index (χ0) is 19.9. The first kappa shape index (κ1) is 19.5. The van der Waals surface area contributed by atoms with Crippen LogP contribution in [0, 0.1) is 18.8 Å². The Hall–Kier alpha value is -3.23. The molecular formula is C23H19NO3S. The second kappa shape index (κ2) is 9.12. The fraction of sp³-hybridized carbons (Fsp3) is 0.130. The molecule has 1 N–H and O–H groups in total. The molecule has 0 amide bonds. The van der Waals surface area contributed by atoms with E-state index in [0.29, 0.717) is 17.7 Å². The van der Waals surface area contributed by atoms with E-state index in [4.69, 9.17) is 5.11 Å². The number of aryl methyl sites for hydroxylation is 1. The van der Waals surface area contributed by atoms with Crippen LogP contribution in [0.25, 0.3) is 0 Å². The van der Waals surface area contributed by atoms with E-state index in [1.807, 2.05) is 66.2 Å². The smallest absolute Gasteiger partial charge is 0.313 e. The molecule has 0 bridgehead atoms. The van der Waals surface area contributed by atoms with Crippen LogP contribution in [0.5, 0.6) is 0 Å². The standard InChI is InChI=1S/C23H19NO3S/c1-17-7-9-19(10-8-17)23(27)20-11-13-24(15-20)12-3-5-18-4-2-6-21(14-18)28-16-22(25)26/h2,4,6-11,13-15H,12,16H2,1H3,(H,25,26). The lowest BCUT2D eigenvalue weighted by Crippen LogP contribution is -2.00. The fourth-order valence-electron chi connectivity index (χ4n) is 2.59. The minimum absolute atomic E-state index is 0.00475. The number of benzene rings is 2. The zero-order valence-electron chi connectivity index (χ0n) is 15.4. The Balaban J connectivity index is 1.64. The summed E-state index contributed by atoms with van der Waals surface area (Å²) in [4.78, 5) is 24.1. The Bertz CT molecular complexity index is 1060. The summed E-state index contributed by atoms with van der Waals surface area (Å²) in [5.74, 6) is 5.35. The van der Waals surface area contributed by atoms with Gasteiger partial charge in [-0.15, -0.1) is 11.8 Å². The number of thioether (sulfide) groups is 1. The Morgan fingerprint density at radius 1 is 1.07 bits per heavy atom. The highest BCUT2D eigenvalue weighted by Gasteiger charge is 2.09. The van der Waals surface area contributed by atoms with Gasteiger partial charge in [0.05, 0.1) is 12.3 Å². The second-order valence-electron chi connectivity index (χ2n) is 6.28. The fourth-order valence-corrected chi connectivity index (χ4v) is 3.26. The number of nitrogens with zero attached hydrogens (tertiary/aromatic N) is 1. The van der Waals surface area contributed by atoms with Gasteiger partial charge in [0.25, 0.3) is 0 Å². The summed E-state index contributed by atoms with van der Waals surface area (Å²) in [6.45, 7) is 2.46. The zero-order valence-corrected chi connectivity index (χ0v) is 16.2. The average molecular weight is 389 g/mol. The van der Waals surface area contributed by atoms with Crippen LogP contribution in [0.15, 0.2) is 71.9 Å². The van der Waals surface area contributed by atoms with Crippen LogP contribution in [-0.2, 0) is 11.3 Å². The number of carboxylic acid groups (broad SMARTS) is 1. The average Bonchev–Trinajstić information content (AvgIpc) is 3.16. The maximum Gasteiger partial charge on any atom is 0.313 e. The van der Waals surface area contributed by atoms with Gasteiger partial charge in [0.2, 0.25) is 0 Å². The molecule has 1 aromatic heterocycles. The number of hydrogen-bond donors (Lipinski definition) is 1. The van der Waals surface area contributed by atoms with Crippen molar-refractivity contribution in [3.8, 4) is 11.8 Å². The SMILES string of the molecule is Cc1ccc(C(=O)c2ccn(CC#Cc3cccc(SCC(=O)O)c3)c2)cc1. The molecule has 0 saturated heterocycles. The van der Waals surface area contributed by atoms with Gasteiger partial charge in [-0.25, -0.2) is 0 Å². The first-order chi connectivity index (χ1) is 13.5. The summed E-state index contributed by atoms with van der Waals surface area (Å²) >= 11 is 1.27. The van der Waals surface area contributed by atoms with E-state index in [0.717, 1.165) is 16.0 Å². The maximum atomic E-state index is 12.5. The predicted octanol–water partition coefficient (Wildman–Crippen LogP) is 4.26. The highest BCUT2D eigenvalue weighted by atomic mass is 32.2. The Morgan fingerprint density at radius 2 is 1.86 bits per heavy atom. The van der Waals surface area contributed by atoms with Crippen LogP contribution in [0.4, 0.5) is 0 Å². The van der Waals surface area contributed by atoms with Gasteiger partial charge in [-0.2, -0.15) is 0 Å². The molecule has 3 aromatic rings. The van der Waals surface area contributed by atoms with Crippen LogP contribution >= 0.6 is 11.8 Å². The molecule has 28 heavy (non-hydrogen) atoms. The monoisotopic (exact) mass is 389 g/mol. The molecule has 3 rings (SSSR count). The Labute approximate surface area is 168 Å². The normalized spacial score (nSPS) is 10.2. The molecule has 0 atom stereocenters. The van der Waals surface area contributed by atoms with Crippen LogP contribution in [-0.4, -0.2) is 27.2 Å². The van der Waals surface area contributed by atoms with Crippen molar-refractivity contribution in [3.05, 3.63) is 89.2 Å². The number of carbonyl (C=O) groups excluding carboxylic acids is 1. The molecule has 0 aliphatic carbocycles. The van der Waals surface area contributed by atoms with E-state index >= 15 is 0 Å². The third-order valence-corrected chi connectivity index (χ3v) is 5.00. The largest absolute Gasteiger partial charge is 0.481 e. The van der Waals surface area contributed by atoms with Crippen molar-refractivity contribution in [2.24, 2.45) is 0 Å². The van der Waals surface area contributed by atoms with Crippen molar-refractivity contribution < 1.29 is 14.7 Å². The van der Waals surface area contributed by atoms with Gasteiger partial charge in [0, 0.05) is 34.0 Å². The maximum absolute atomic E-state index is 12.5. The summed E-state index contributed by atoms with van der Waals surface area (Å²) < 4.78 is 1.87. The molecule has 0 spiro atoms. The van der Waals surface area contributed by atoms with Gasteiger partial charge in [-0.1, -0.05) is 47.7 Å². The Morgan fingerprint density at radius 3 is 2.61 bits per heavy atom. The van der Waals surface area contributed by atoms with Crippen molar-refractivity contribution in [1.29, 1.82) is 0 Å². The third kappa shape index (κ3) is 5.38. The molecule has 140 valence electrons. The molecule has 4 nitrogen and oxygen atoms in total. The van der Waals surface area contributed by atoms with Crippen LogP contribution in [0.1, 0.15) is 27.0 Å². The lowest BCUT2D eigenvalue weighted by Gasteiger charge is -2.00. The van der Waals surface area contributed by atoms with E-state index in [1.165, 1.54) is 11.8 Å². The minimum atomic E-state index is -0.843. The molecule has 0 fully saturated rings.